The fraction of sp³-hybridized carbons (Fsp3) is 0.267. The number of likely N-dealkylation sites (N-methyl/N-ethyl adjacent to an activating group) is 1. The molecule has 7 heteroatoms. The Kier molecular flexibility index (Phi) is 3.81. The van der Waals surface area contributed by atoms with Crippen LogP contribution in [0.15, 0.2) is 23.6 Å². The van der Waals surface area contributed by atoms with Gasteiger partial charge in [0.2, 0.25) is 5.91 Å². The Bertz CT molecular complexity index is 741. The topological polar surface area (TPSA) is 74.3 Å². The summed E-state index contributed by atoms with van der Waals surface area (Å²) in [4.78, 5) is 29.4. The van der Waals surface area contributed by atoms with Gasteiger partial charge in [-0.25, -0.2) is 4.98 Å². The molecule has 0 spiro atoms. The van der Waals surface area contributed by atoms with E-state index in [9.17, 15) is 9.59 Å². The SMILES string of the molecule is CC(=O)Nc1nc(C(=O)Nc2ccc3c(c2)N(C)CC3)cs1. The lowest BCUT2D eigenvalue weighted by Crippen LogP contribution is -2.14. The van der Waals surface area contributed by atoms with Gasteiger partial charge >= 0.3 is 0 Å². The van der Waals surface area contributed by atoms with Gasteiger partial charge in [-0.2, -0.15) is 0 Å². The lowest BCUT2D eigenvalue weighted by atomic mass is 10.1. The Morgan fingerprint density at radius 1 is 1.32 bits per heavy atom. The molecule has 1 aromatic carbocycles. The highest BCUT2D eigenvalue weighted by Crippen LogP contribution is 2.29. The minimum absolute atomic E-state index is 0.206. The van der Waals surface area contributed by atoms with Crippen LogP contribution in [0.4, 0.5) is 16.5 Å². The first-order valence-corrected chi connectivity index (χ1v) is 7.79. The van der Waals surface area contributed by atoms with E-state index in [-0.39, 0.29) is 11.8 Å². The van der Waals surface area contributed by atoms with Crippen molar-refractivity contribution in [2.75, 3.05) is 29.1 Å². The van der Waals surface area contributed by atoms with Crippen molar-refractivity contribution in [2.45, 2.75) is 13.3 Å². The largest absolute Gasteiger partial charge is 0.374 e. The molecule has 1 aromatic heterocycles. The highest BCUT2D eigenvalue weighted by Gasteiger charge is 2.17. The zero-order valence-electron chi connectivity index (χ0n) is 12.3. The van der Waals surface area contributed by atoms with E-state index < -0.39 is 0 Å². The van der Waals surface area contributed by atoms with Gasteiger partial charge < -0.3 is 15.5 Å². The van der Waals surface area contributed by atoms with Crippen LogP contribution >= 0.6 is 11.3 Å². The molecule has 1 aliphatic heterocycles. The smallest absolute Gasteiger partial charge is 0.275 e. The van der Waals surface area contributed by atoms with Gasteiger partial charge in [-0.05, 0) is 24.1 Å². The lowest BCUT2D eigenvalue weighted by Gasteiger charge is -2.13. The third-order valence-corrected chi connectivity index (χ3v) is 4.25. The Morgan fingerprint density at radius 3 is 2.91 bits per heavy atom. The van der Waals surface area contributed by atoms with Crippen molar-refractivity contribution in [1.82, 2.24) is 4.98 Å². The summed E-state index contributed by atoms with van der Waals surface area (Å²) in [5, 5.41) is 7.45. The van der Waals surface area contributed by atoms with E-state index in [4.69, 9.17) is 0 Å². The molecule has 6 nitrogen and oxygen atoms in total. The molecule has 0 unspecified atom stereocenters. The molecular weight excluding hydrogens is 300 g/mol. The maximum atomic E-state index is 12.2. The van der Waals surface area contributed by atoms with Crippen LogP contribution in [-0.2, 0) is 11.2 Å². The number of benzene rings is 1. The second kappa shape index (κ2) is 5.76. The summed E-state index contributed by atoms with van der Waals surface area (Å²) >= 11 is 1.23. The Labute approximate surface area is 132 Å². The van der Waals surface area contributed by atoms with Crippen LogP contribution in [0.25, 0.3) is 0 Å². The van der Waals surface area contributed by atoms with Gasteiger partial charge in [0.1, 0.15) is 5.69 Å². The van der Waals surface area contributed by atoms with Crippen molar-refractivity contribution in [3.63, 3.8) is 0 Å². The van der Waals surface area contributed by atoms with Gasteiger partial charge in [0.05, 0.1) is 0 Å². The molecular formula is C15H16N4O2S. The minimum Gasteiger partial charge on any atom is -0.374 e. The Morgan fingerprint density at radius 2 is 2.14 bits per heavy atom. The fourth-order valence-corrected chi connectivity index (χ4v) is 3.13. The molecule has 0 bridgehead atoms. The summed E-state index contributed by atoms with van der Waals surface area (Å²) < 4.78 is 0. The van der Waals surface area contributed by atoms with Crippen molar-refractivity contribution in [1.29, 1.82) is 0 Å². The maximum Gasteiger partial charge on any atom is 0.275 e. The Hall–Kier alpha value is -2.41. The van der Waals surface area contributed by atoms with Gasteiger partial charge in [0.25, 0.3) is 5.91 Å². The lowest BCUT2D eigenvalue weighted by molar-refractivity contribution is -0.114. The first-order valence-electron chi connectivity index (χ1n) is 6.91. The van der Waals surface area contributed by atoms with Crippen LogP contribution in [0.2, 0.25) is 0 Å². The maximum absolute atomic E-state index is 12.2. The van der Waals surface area contributed by atoms with Crippen LogP contribution < -0.4 is 15.5 Å². The number of rotatable bonds is 3. The number of nitrogens with zero attached hydrogens (tertiary/aromatic N) is 2. The molecule has 2 aromatic rings. The summed E-state index contributed by atoms with van der Waals surface area (Å²) in [7, 11) is 2.04. The van der Waals surface area contributed by atoms with Crippen LogP contribution in [0.1, 0.15) is 23.0 Å². The third-order valence-electron chi connectivity index (χ3n) is 3.49. The Balaban J connectivity index is 1.73. The van der Waals surface area contributed by atoms with Gasteiger partial charge in [-0.3, -0.25) is 9.59 Å². The number of hydrogen-bond donors (Lipinski definition) is 2. The molecule has 2 N–H and O–H groups in total. The van der Waals surface area contributed by atoms with Crippen LogP contribution in [0, 0.1) is 0 Å². The summed E-state index contributed by atoms with van der Waals surface area (Å²) in [6.45, 7) is 2.40. The van der Waals surface area contributed by atoms with Crippen LogP contribution in [0.5, 0.6) is 0 Å². The number of carbonyl (C=O) groups excluding carboxylic acids is 2. The first-order chi connectivity index (χ1) is 10.5. The zero-order valence-corrected chi connectivity index (χ0v) is 13.2. The monoisotopic (exact) mass is 316 g/mol. The normalized spacial score (nSPS) is 12.9. The van der Waals surface area contributed by atoms with Crippen molar-refractivity contribution < 1.29 is 9.59 Å². The van der Waals surface area contributed by atoms with Gasteiger partial charge in [0, 0.05) is 37.3 Å². The number of nitrogens with one attached hydrogen (secondary N) is 2. The molecule has 22 heavy (non-hydrogen) atoms. The molecule has 0 fully saturated rings. The number of fused-ring (bicyclic) bond motifs is 1. The molecule has 0 saturated carbocycles. The highest BCUT2D eigenvalue weighted by atomic mass is 32.1. The van der Waals surface area contributed by atoms with E-state index in [1.54, 1.807) is 5.38 Å². The third kappa shape index (κ3) is 2.94. The molecule has 2 heterocycles. The quantitative estimate of drug-likeness (QED) is 0.911. The average Bonchev–Trinajstić information content (AvgIpc) is 3.06. The van der Waals surface area contributed by atoms with Crippen LogP contribution in [0.3, 0.4) is 0 Å². The summed E-state index contributed by atoms with van der Waals surface area (Å²) in [6.07, 6.45) is 1.03. The van der Waals surface area contributed by atoms with E-state index >= 15 is 0 Å². The van der Waals surface area contributed by atoms with Gasteiger partial charge in [-0.15, -0.1) is 11.3 Å². The fourth-order valence-electron chi connectivity index (χ4n) is 2.40. The van der Waals surface area contributed by atoms with Gasteiger partial charge in [-0.1, -0.05) is 6.07 Å². The molecule has 0 saturated heterocycles. The number of anilines is 3. The number of thiazole rings is 1. The zero-order chi connectivity index (χ0) is 15.7. The summed E-state index contributed by atoms with van der Waals surface area (Å²) in [6, 6.07) is 5.91. The molecule has 2 amide bonds. The first kappa shape index (κ1) is 14.5. The second-order valence-corrected chi connectivity index (χ2v) is 6.05. The summed E-state index contributed by atoms with van der Waals surface area (Å²) in [5.41, 5.74) is 3.48. The number of hydrogen-bond acceptors (Lipinski definition) is 5. The average molecular weight is 316 g/mol. The predicted molar refractivity (Wildman–Crippen MR) is 87.8 cm³/mol. The van der Waals surface area contributed by atoms with Crippen molar-refractivity contribution in [3.05, 3.63) is 34.8 Å². The van der Waals surface area contributed by atoms with E-state index in [1.165, 1.54) is 23.8 Å². The molecule has 0 aliphatic carbocycles. The summed E-state index contributed by atoms with van der Waals surface area (Å²) in [5.74, 6) is -0.489. The molecule has 114 valence electrons. The van der Waals surface area contributed by atoms with Gasteiger partial charge in [0.15, 0.2) is 5.13 Å². The number of carbonyl (C=O) groups is 2. The molecule has 0 radical (unpaired) electrons. The van der Waals surface area contributed by atoms with E-state index in [2.05, 4.69) is 20.5 Å². The standard InChI is InChI=1S/C15H16N4O2S/c1-9(20)16-15-18-12(8-22-15)14(21)17-11-4-3-10-5-6-19(2)13(10)7-11/h3-4,7-8H,5-6H2,1-2H3,(H,17,21)(H,16,18,20). The van der Waals surface area contributed by atoms with Crippen LogP contribution in [-0.4, -0.2) is 30.4 Å². The van der Waals surface area contributed by atoms with Crippen molar-refractivity contribution in [2.24, 2.45) is 0 Å². The highest BCUT2D eigenvalue weighted by molar-refractivity contribution is 7.14. The van der Waals surface area contributed by atoms with E-state index in [1.807, 2.05) is 25.2 Å². The number of aromatic nitrogens is 1. The van der Waals surface area contributed by atoms with E-state index in [0.29, 0.717) is 10.8 Å². The molecule has 0 atom stereocenters. The second-order valence-electron chi connectivity index (χ2n) is 5.19. The van der Waals surface area contributed by atoms with Crippen molar-refractivity contribution in [3.8, 4) is 0 Å². The van der Waals surface area contributed by atoms with E-state index in [0.717, 1.165) is 24.3 Å². The predicted octanol–water partition coefficient (Wildman–Crippen LogP) is 2.35. The number of amides is 2. The molecule has 1 aliphatic rings. The molecule has 3 rings (SSSR count). The minimum atomic E-state index is -0.284. The van der Waals surface area contributed by atoms with Crippen molar-refractivity contribution >= 4 is 39.7 Å².